The van der Waals surface area contributed by atoms with E-state index in [1.54, 1.807) is 12.1 Å². The Kier molecular flexibility index (Phi) is 3.63. The van der Waals surface area contributed by atoms with Crippen molar-refractivity contribution in [2.24, 2.45) is 0 Å². The summed E-state index contributed by atoms with van der Waals surface area (Å²) in [6.45, 7) is 3.92. The highest BCUT2D eigenvalue weighted by molar-refractivity contribution is 6.29. The van der Waals surface area contributed by atoms with Crippen LogP contribution in [0.2, 0.25) is 5.15 Å². The average molecular weight is 261 g/mol. The Bertz CT molecular complexity index is 559. The summed E-state index contributed by atoms with van der Waals surface area (Å²) < 4.78 is 0. The minimum atomic E-state index is -0.184. The number of halogens is 1. The fourth-order valence-electron chi connectivity index (χ4n) is 1.71. The molecule has 0 radical (unpaired) electrons. The number of aryl methyl sites for hydroxylation is 2. The molecular formula is C14H13ClN2O. The molecule has 2 rings (SSSR count). The smallest absolute Gasteiger partial charge is 0.257 e. The molecule has 0 atom stereocenters. The molecule has 1 N–H and O–H groups in total. The first-order valence-electron chi connectivity index (χ1n) is 5.57. The molecule has 18 heavy (non-hydrogen) atoms. The van der Waals surface area contributed by atoms with Gasteiger partial charge in [0.15, 0.2) is 0 Å². The molecule has 0 saturated carbocycles. The van der Waals surface area contributed by atoms with Gasteiger partial charge in [0, 0.05) is 11.9 Å². The minimum Gasteiger partial charge on any atom is -0.321 e. The van der Waals surface area contributed by atoms with Crippen LogP contribution < -0.4 is 5.32 Å². The van der Waals surface area contributed by atoms with Crippen molar-refractivity contribution in [3.8, 4) is 0 Å². The zero-order valence-electron chi connectivity index (χ0n) is 10.2. The highest BCUT2D eigenvalue weighted by atomic mass is 35.5. The number of amides is 1. The second-order valence-corrected chi connectivity index (χ2v) is 4.48. The van der Waals surface area contributed by atoms with Crippen LogP contribution in [0.1, 0.15) is 21.5 Å². The van der Waals surface area contributed by atoms with E-state index in [2.05, 4.69) is 10.3 Å². The summed E-state index contributed by atoms with van der Waals surface area (Å²) in [5.41, 5.74) is 3.40. The Morgan fingerprint density at radius 2 is 1.83 bits per heavy atom. The number of carbonyl (C=O) groups is 1. The average Bonchev–Trinajstić information content (AvgIpc) is 2.34. The number of hydrogen-bond acceptors (Lipinski definition) is 2. The van der Waals surface area contributed by atoms with Crippen molar-refractivity contribution in [1.29, 1.82) is 0 Å². The molecule has 1 heterocycles. The first-order valence-corrected chi connectivity index (χ1v) is 5.95. The monoisotopic (exact) mass is 260 g/mol. The number of aromatic nitrogens is 1. The summed E-state index contributed by atoms with van der Waals surface area (Å²) in [4.78, 5) is 15.9. The lowest BCUT2D eigenvalue weighted by molar-refractivity contribution is 0.102. The highest BCUT2D eigenvalue weighted by Gasteiger charge is 2.09. The van der Waals surface area contributed by atoms with Crippen molar-refractivity contribution in [1.82, 2.24) is 4.98 Å². The molecule has 0 aliphatic rings. The third-order valence-electron chi connectivity index (χ3n) is 2.71. The van der Waals surface area contributed by atoms with E-state index in [9.17, 15) is 4.79 Å². The molecule has 1 aromatic carbocycles. The zero-order chi connectivity index (χ0) is 13.1. The Balaban J connectivity index is 2.24. The number of benzene rings is 1. The number of pyridine rings is 1. The molecule has 0 aliphatic carbocycles. The Labute approximate surface area is 111 Å². The van der Waals surface area contributed by atoms with E-state index >= 15 is 0 Å². The van der Waals surface area contributed by atoms with Crippen molar-refractivity contribution < 1.29 is 4.79 Å². The van der Waals surface area contributed by atoms with Gasteiger partial charge in [-0.3, -0.25) is 4.79 Å². The Morgan fingerprint density at radius 1 is 1.17 bits per heavy atom. The summed E-state index contributed by atoms with van der Waals surface area (Å²) in [7, 11) is 0. The van der Waals surface area contributed by atoms with Gasteiger partial charge in [-0.1, -0.05) is 29.8 Å². The molecule has 0 aliphatic heterocycles. The van der Waals surface area contributed by atoms with Crippen molar-refractivity contribution in [2.45, 2.75) is 13.8 Å². The van der Waals surface area contributed by atoms with Gasteiger partial charge in [0.1, 0.15) is 5.15 Å². The maximum absolute atomic E-state index is 12.0. The van der Waals surface area contributed by atoms with Gasteiger partial charge in [0.25, 0.3) is 5.91 Å². The van der Waals surface area contributed by atoms with E-state index in [4.69, 9.17) is 11.6 Å². The second-order valence-electron chi connectivity index (χ2n) is 4.09. The van der Waals surface area contributed by atoms with Gasteiger partial charge in [-0.25, -0.2) is 4.98 Å². The fraction of sp³-hybridized carbons (Fsp3) is 0.143. The zero-order valence-corrected chi connectivity index (χ0v) is 11.0. The molecule has 0 saturated heterocycles. The second kappa shape index (κ2) is 5.19. The van der Waals surface area contributed by atoms with Gasteiger partial charge in [-0.05, 0) is 37.1 Å². The van der Waals surface area contributed by atoms with Crippen molar-refractivity contribution >= 4 is 23.2 Å². The van der Waals surface area contributed by atoms with E-state index in [-0.39, 0.29) is 5.91 Å². The SMILES string of the molecule is Cc1cccc(C)c1NC(=O)c1ccc(Cl)nc1. The maximum Gasteiger partial charge on any atom is 0.257 e. The third-order valence-corrected chi connectivity index (χ3v) is 2.93. The van der Waals surface area contributed by atoms with E-state index in [0.717, 1.165) is 16.8 Å². The topological polar surface area (TPSA) is 42.0 Å². The molecule has 3 nitrogen and oxygen atoms in total. The van der Waals surface area contributed by atoms with Crippen LogP contribution in [0.3, 0.4) is 0 Å². The molecule has 0 unspecified atom stereocenters. The molecule has 0 bridgehead atoms. The lowest BCUT2D eigenvalue weighted by atomic mass is 10.1. The van der Waals surface area contributed by atoms with Gasteiger partial charge < -0.3 is 5.32 Å². The van der Waals surface area contributed by atoms with Crippen LogP contribution in [-0.4, -0.2) is 10.9 Å². The van der Waals surface area contributed by atoms with Crippen LogP contribution in [-0.2, 0) is 0 Å². The van der Waals surface area contributed by atoms with Gasteiger partial charge in [0.05, 0.1) is 5.56 Å². The predicted octanol–water partition coefficient (Wildman–Crippen LogP) is 3.60. The molecule has 92 valence electrons. The number of anilines is 1. The number of rotatable bonds is 2. The Hall–Kier alpha value is -1.87. The third kappa shape index (κ3) is 2.68. The molecule has 0 fully saturated rings. The number of para-hydroxylation sites is 1. The van der Waals surface area contributed by atoms with Crippen LogP contribution in [0.25, 0.3) is 0 Å². The van der Waals surface area contributed by atoms with E-state index in [0.29, 0.717) is 10.7 Å². The first-order chi connectivity index (χ1) is 8.58. The summed E-state index contributed by atoms with van der Waals surface area (Å²) in [6.07, 6.45) is 1.46. The van der Waals surface area contributed by atoms with Crippen LogP contribution in [0, 0.1) is 13.8 Å². The standard InChI is InChI=1S/C14H13ClN2O/c1-9-4-3-5-10(2)13(9)17-14(18)11-6-7-12(15)16-8-11/h3-8H,1-2H3,(H,17,18). The van der Waals surface area contributed by atoms with Crippen LogP contribution in [0.15, 0.2) is 36.5 Å². The summed E-state index contributed by atoms with van der Waals surface area (Å²) in [5, 5.41) is 3.27. The number of hydrogen-bond donors (Lipinski definition) is 1. The van der Waals surface area contributed by atoms with Crippen LogP contribution in [0.5, 0.6) is 0 Å². The lowest BCUT2D eigenvalue weighted by Gasteiger charge is -2.11. The van der Waals surface area contributed by atoms with E-state index < -0.39 is 0 Å². The summed E-state index contributed by atoms with van der Waals surface area (Å²) in [5.74, 6) is -0.184. The number of nitrogens with zero attached hydrogens (tertiary/aromatic N) is 1. The van der Waals surface area contributed by atoms with Gasteiger partial charge in [-0.2, -0.15) is 0 Å². The van der Waals surface area contributed by atoms with Gasteiger partial charge >= 0.3 is 0 Å². The first kappa shape index (κ1) is 12.6. The van der Waals surface area contributed by atoms with Crippen LogP contribution in [0.4, 0.5) is 5.69 Å². The summed E-state index contributed by atoms with van der Waals surface area (Å²) in [6, 6.07) is 9.13. The fourth-order valence-corrected chi connectivity index (χ4v) is 1.82. The maximum atomic E-state index is 12.0. The quantitative estimate of drug-likeness (QED) is 0.839. The molecule has 1 amide bonds. The number of nitrogens with one attached hydrogen (secondary N) is 1. The highest BCUT2D eigenvalue weighted by Crippen LogP contribution is 2.20. The van der Waals surface area contributed by atoms with Gasteiger partial charge in [-0.15, -0.1) is 0 Å². The van der Waals surface area contributed by atoms with Gasteiger partial charge in [0.2, 0.25) is 0 Å². The summed E-state index contributed by atoms with van der Waals surface area (Å²) >= 11 is 5.68. The van der Waals surface area contributed by atoms with Crippen LogP contribution >= 0.6 is 11.6 Å². The lowest BCUT2D eigenvalue weighted by Crippen LogP contribution is -2.13. The van der Waals surface area contributed by atoms with E-state index in [1.165, 1.54) is 6.20 Å². The predicted molar refractivity (Wildman–Crippen MR) is 73.1 cm³/mol. The molecule has 0 spiro atoms. The van der Waals surface area contributed by atoms with Crippen molar-refractivity contribution in [3.05, 3.63) is 58.4 Å². The molecule has 1 aromatic heterocycles. The molecule has 2 aromatic rings. The van der Waals surface area contributed by atoms with E-state index in [1.807, 2.05) is 32.0 Å². The molecular weight excluding hydrogens is 248 g/mol. The Morgan fingerprint density at radius 3 is 2.39 bits per heavy atom. The van der Waals surface area contributed by atoms with Crippen molar-refractivity contribution in [2.75, 3.05) is 5.32 Å². The normalized spacial score (nSPS) is 10.2. The van der Waals surface area contributed by atoms with Crippen molar-refractivity contribution in [3.63, 3.8) is 0 Å². The largest absolute Gasteiger partial charge is 0.321 e. The minimum absolute atomic E-state index is 0.184. The number of carbonyl (C=O) groups excluding carboxylic acids is 1. The molecule has 4 heteroatoms.